The Morgan fingerprint density at radius 2 is 1.70 bits per heavy atom. The van der Waals surface area contributed by atoms with Gasteiger partial charge in [0.25, 0.3) is 5.56 Å². The number of hydrogen-bond acceptors (Lipinski definition) is 3. The molecule has 1 atom stereocenters. The van der Waals surface area contributed by atoms with Crippen LogP contribution in [0.4, 0.5) is 0 Å². The summed E-state index contributed by atoms with van der Waals surface area (Å²) >= 11 is 0. The maximum Gasteiger partial charge on any atom is 0.258 e. The molecule has 1 heterocycles. The van der Waals surface area contributed by atoms with E-state index < -0.39 is 0 Å². The van der Waals surface area contributed by atoms with Crippen molar-refractivity contribution in [1.82, 2.24) is 14.9 Å². The smallest absolute Gasteiger partial charge is 0.258 e. The Hall–Kier alpha value is -3.47. The van der Waals surface area contributed by atoms with Crippen molar-refractivity contribution in [2.24, 2.45) is 0 Å². The van der Waals surface area contributed by atoms with Gasteiger partial charge in [-0.15, -0.1) is 0 Å². The van der Waals surface area contributed by atoms with Crippen LogP contribution >= 0.6 is 0 Å². The number of aromatic nitrogens is 2. The Bertz CT molecular complexity index is 1260. The van der Waals surface area contributed by atoms with E-state index >= 15 is 0 Å². The summed E-state index contributed by atoms with van der Waals surface area (Å²) in [4.78, 5) is 35.0. The molecule has 5 nitrogen and oxygen atoms in total. The zero-order valence-corrected chi connectivity index (χ0v) is 17.3. The number of aromatic amines is 1. The maximum absolute atomic E-state index is 13.3. The van der Waals surface area contributed by atoms with Crippen LogP contribution in [0.3, 0.4) is 0 Å². The van der Waals surface area contributed by atoms with E-state index in [0.29, 0.717) is 23.1 Å². The molecule has 0 fully saturated rings. The number of hydrogen-bond donors (Lipinski definition) is 1. The molecular weight excluding hydrogens is 374 g/mol. The number of rotatable bonds is 6. The van der Waals surface area contributed by atoms with Crippen molar-refractivity contribution < 1.29 is 4.79 Å². The van der Waals surface area contributed by atoms with E-state index in [1.165, 1.54) is 0 Å². The summed E-state index contributed by atoms with van der Waals surface area (Å²) in [6.07, 6.45) is 1.13. The molecule has 152 valence electrons. The molecule has 0 saturated carbocycles. The van der Waals surface area contributed by atoms with Gasteiger partial charge in [0.2, 0.25) is 5.91 Å². The first-order valence-electron chi connectivity index (χ1n) is 10.3. The number of amides is 1. The SMILES string of the molecule is CC[C@H](C)N(Cc1nc2ccccc2c(=O)[nH]1)C(=O)Cc1cccc2ccccc12. The highest BCUT2D eigenvalue weighted by molar-refractivity contribution is 5.90. The van der Waals surface area contributed by atoms with Crippen LogP contribution in [0.5, 0.6) is 0 Å². The van der Waals surface area contributed by atoms with Gasteiger partial charge in [-0.05, 0) is 41.8 Å². The number of carbonyl (C=O) groups excluding carboxylic acids is 1. The summed E-state index contributed by atoms with van der Waals surface area (Å²) in [7, 11) is 0. The zero-order chi connectivity index (χ0) is 21.1. The molecule has 0 radical (unpaired) electrons. The lowest BCUT2D eigenvalue weighted by Gasteiger charge is -2.28. The average molecular weight is 399 g/mol. The lowest BCUT2D eigenvalue weighted by molar-refractivity contribution is -0.133. The van der Waals surface area contributed by atoms with Crippen LogP contribution in [0.15, 0.2) is 71.5 Å². The number of para-hydroxylation sites is 1. The molecule has 0 aliphatic rings. The predicted molar refractivity (Wildman–Crippen MR) is 120 cm³/mol. The second kappa shape index (κ2) is 8.49. The Labute approximate surface area is 175 Å². The number of carbonyl (C=O) groups is 1. The summed E-state index contributed by atoms with van der Waals surface area (Å²) in [6, 6.07) is 21.4. The highest BCUT2D eigenvalue weighted by atomic mass is 16.2. The van der Waals surface area contributed by atoms with Crippen molar-refractivity contribution in [3.63, 3.8) is 0 Å². The normalized spacial score (nSPS) is 12.2. The minimum Gasteiger partial charge on any atom is -0.332 e. The Kier molecular flexibility index (Phi) is 5.61. The van der Waals surface area contributed by atoms with E-state index in [1.807, 2.05) is 60.4 Å². The lowest BCUT2D eigenvalue weighted by Crippen LogP contribution is -2.39. The molecule has 3 aromatic carbocycles. The van der Waals surface area contributed by atoms with Crippen LogP contribution in [0.25, 0.3) is 21.7 Å². The molecule has 0 aliphatic heterocycles. The molecule has 0 saturated heterocycles. The zero-order valence-electron chi connectivity index (χ0n) is 17.3. The van der Waals surface area contributed by atoms with Gasteiger partial charge in [-0.2, -0.15) is 0 Å². The van der Waals surface area contributed by atoms with Crippen molar-refractivity contribution in [3.8, 4) is 0 Å². The maximum atomic E-state index is 13.3. The fourth-order valence-corrected chi connectivity index (χ4v) is 3.79. The summed E-state index contributed by atoms with van der Waals surface area (Å²) in [5.74, 6) is 0.529. The fraction of sp³-hybridized carbons (Fsp3) is 0.240. The molecule has 0 bridgehead atoms. The van der Waals surface area contributed by atoms with E-state index in [0.717, 1.165) is 22.8 Å². The lowest BCUT2D eigenvalue weighted by atomic mass is 10.0. The topological polar surface area (TPSA) is 66.1 Å². The Balaban J connectivity index is 1.64. The molecular formula is C25H25N3O2. The summed E-state index contributed by atoms with van der Waals surface area (Å²) in [5, 5.41) is 2.77. The third kappa shape index (κ3) is 3.96. The van der Waals surface area contributed by atoms with Crippen LogP contribution in [0.2, 0.25) is 0 Å². The molecule has 0 spiro atoms. The standard InChI is InChI=1S/C25H25N3O2/c1-3-17(2)28(16-23-26-22-14-7-6-13-21(22)25(30)27-23)24(29)15-19-11-8-10-18-9-4-5-12-20(18)19/h4-14,17H,3,15-16H2,1-2H3,(H,26,27,30)/t17-/m0/s1. The average Bonchev–Trinajstić information content (AvgIpc) is 2.77. The minimum absolute atomic E-state index is 0.0245. The van der Waals surface area contributed by atoms with Crippen molar-refractivity contribution in [2.75, 3.05) is 0 Å². The molecule has 4 rings (SSSR count). The van der Waals surface area contributed by atoms with E-state index in [2.05, 4.69) is 29.0 Å². The summed E-state index contributed by atoms with van der Waals surface area (Å²) in [6.45, 7) is 4.36. The van der Waals surface area contributed by atoms with E-state index in [-0.39, 0.29) is 24.1 Å². The first-order chi connectivity index (χ1) is 14.6. The highest BCUT2D eigenvalue weighted by Crippen LogP contribution is 2.21. The first kappa shape index (κ1) is 19.8. The van der Waals surface area contributed by atoms with Gasteiger partial charge in [0, 0.05) is 6.04 Å². The van der Waals surface area contributed by atoms with Gasteiger partial charge in [-0.3, -0.25) is 9.59 Å². The van der Waals surface area contributed by atoms with Crippen LogP contribution < -0.4 is 5.56 Å². The van der Waals surface area contributed by atoms with Gasteiger partial charge in [-0.1, -0.05) is 61.5 Å². The van der Waals surface area contributed by atoms with Gasteiger partial charge in [-0.25, -0.2) is 4.98 Å². The second-order valence-electron chi connectivity index (χ2n) is 7.62. The molecule has 0 aliphatic carbocycles. The third-order valence-electron chi connectivity index (χ3n) is 5.65. The van der Waals surface area contributed by atoms with E-state index in [4.69, 9.17) is 0 Å². The van der Waals surface area contributed by atoms with Crippen LogP contribution in [-0.2, 0) is 17.8 Å². The van der Waals surface area contributed by atoms with Gasteiger partial charge in [0.05, 0.1) is 23.9 Å². The fourth-order valence-electron chi connectivity index (χ4n) is 3.79. The van der Waals surface area contributed by atoms with Gasteiger partial charge >= 0.3 is 0 Å². The van der Waals surface area contributed by atoms with Crippen LogP contribution in [-0.4, -0.2) is 26.8 Å². The first-order valence-corrected chi connectivity index (χ1v) is 10.3. The minimum atomic E-state index is -0.179. The van der Waals surface area contributed by atoms with Crippen molar-refractivity contribution >= 4 is 27.6 Å². The quantitative estimate of drug-likeness (QED) is 0.521. The molecule has 4 aromatic rings. The number of benzene rings is 3. The molecule has 1 amide bonds. The number of H-pyrrole nitrogens is 1. The highest BCUT2D eigenvalue weighted by Gasteiger charge is 2.21. The predicted octanol–water partition coefficient (Wildman–Crippen LogP) is 4.45. The molecule has 30 heavy (non-hydrogen) atoms. The van der Waals surface area contributed by atoms with E-state index in [1.54, 1.807) is 6.07 Å². The number of nitrogens with one attached hydrogen (secondary N) is 1. The number of fused-ring (bicyclic) bond motifs is 2. The van der Waals surface area contributed by atoms with Crippen molar-refractivity contribution in [2.45, 2.75) is 39.3 Å². The van der Waals surface area contributed by atoms with Gasteiger partial charge in [0.15, 0.2) is 0 Å². The molecule has 5 heteroatoms. The summed E-state index contributed by atoms with van der Waals surface area (Å²) in [5.41, 5.74) is 1.47. The monoisotopic (exact) mass is 399 g/mol. The molecule has 1 aromatic heterocycles. The molecule has 1 N–H and O–H groups in total. The van der Waals surface area contributed by atoms with Crippen LogP contribution in [0.1, 0.15) is 31.7 Å². The third-order valence-corrected chi connectivity index (χ3v) is 5.65. The molecule has 0 unspecified atom stereocenters. The Morgan fingerprint density at radius 3 is 2.50 bits per heavy atom. The van der Waals surface area contributed by atoms with E-state index in [9.17, 15) is 9.59 Å². The summed E-state index contributed by atoms with van der Waals surface area (Å²) < 4.78 is 0. The number of nitrogens with zero attached hydrogens (tertiary/aromatic N) is 2. The largest absolute Gasteiger partial charge is 0.332 e. The van der Waals surface area contributed by atoms with Crippen LogP contribution in [0, 0.1) is 0 Å². The van der Waals surface area contributed by atoms with Gasteiger partial charge < -0.3 is 9.88 Å². The van der Waals surface area contributed by atoms with Gasteiger partial charge in [0.1, 0.15) is 5.82 Å². The second-order valence-corrected chi connectivity index (χ2v) is 7.62. The Morgan fingerprint density at radius 1 is 1.00 bits per heavy atom. The van der Waals surface area contributed by atoms with Crippen molar-refractivity contribution in [1.29, 1.82) is 0 Å². The van der Waals surface area contributed by atoms with Crippen molar-refractivity contribution in [3.05, 3.63) is 88.5 Å².